The molecule has 0 saturated carbocycles. The summed E-state index contributed by atoms with van der Waals surface area (Å²) in [6.45, 7) is 4.11. The van der Waals surface area contributed by atoms with Crippen LogP contribution in [0.3, 0.4) is 0 Å². The van der Waals surface area contributed by atoms with E-state index in [4.69, 9.17) is 11.6 Å². The number of rotatable bonds is 3. The van der Waals surface area contributed by atoms with Crippen LogP contribution >= 0.6 is 27.5 Å². The van der Waals surface area contributed by atoms with Crippen molar-refractivity contribution in [1.82, 2.24) is 4.98 Å². The van der Waals surface area contributed by atoms with Crippen molar-refractivity contribution in [1.29, 1.82) is 0 Å². The first-order valence-electron chi connectivity index (χ1n) is 5.71. The third-order valence-electron chi connectivity index (χ3n) is 2.81. The number of nitrogens with zero attached hydrogens (tertiary/aromatic N) is 1. The monoisotopic (exact) mass is 324 g/mol. The van der Waals surface area contributed by atoms with E-state index in [0.717, 1.165) is 26.4 Å². The maximum atomic E-state index is 6.18. The molecule has 1 aromatic heterocycles. The molecule has 2 aromatic rings. The summed E-state index contributed by atoms with van der Waals surface area (Å²) in [5, 5.41) is 4.13. The molecule has 2 rings (SSSR count). The van der Waals surface area contributed by atoms with Crippen LogP contribution in [0.15, 0.2) is 41.0 Å². The smallest absolute Gasteiger partial charge is 0.141 e. The second-order valence-electron chi connectivity index (χ2n) is 4.18. The Hall–Kier alpha value is -1.06. The number of halogens is 2. The maximum Gasteiger partial charge on any atom is 0.141 e. The third-order valence-corrected chi connectivity index (χ3v) is 4.15. The van der Waals surface area contributed by atoms with Crippen molar-refractivity contribution in [2.24, 2.45) is 0 Å². The molecular weight excluding hydrogens is 312 g/mol. The average Bonchev–Trinajstić information content (AvgIpc) is 2.35. The van der Waals surface area contributed by atoms with E-state index in [1.54, 1.807) is 6.20 Å². The highest BCUT2D eigenvalue weighted by Crippen LogP contribution is 2.29. The Balaban J connectivity index is 2.24. The Morgan fingerprint density at radius 3 is 2.72 bits per heavy atom. The van der Waals surface area contributed by atoms with Crippen LogP contribution in [0.2, 0.25) is 5.02 Å². The summed E-state index contributed by atoms with van der Waals surface area (Å²) in [6.07, 6.45) is 1.79. The molecule has 0 aliphatic rings. The first-order chi connectivity index (χ1) is 8.59. The molecule has 0 saturated heterocycles. The van der Waals surface area contributed by atoms with Gasteiger partial charge in [-0.15, -0.1) is 0 Å². The number of anilines is 1. The van der Waals surface area contributed by atoms with E-state index < -0.39 is 0 Å². The maximum absolute atomic E-state index is 6.18. The molecule has 1 aromatic carbocycles. The summed E-state index contributed by atoms with van der Waals surface area (Å²) in [5.74, 6) is 0.836. The minimum absolute atomic E-state index is 0.101. The van der Waals surface area contributed by atoms with Crippen LogP contribution in [0.4, 0.5) is 5.82 Å². The van der Waals surface area contributed by atoms with Crippen molar-refractivity contribution in [3.05, 3.63) is 57.2 Å². The molecule has 0 bridgehead atoms. The fourth-order valence-electron chi connectivity index (χ4n) is 1.75. The number of aromatic nitrogens is 1. The van der Waals surface area contributed by atoms with Crippen molar-refractivity contribution >= 4 is 33.3 Å². The Morgan fingerprint density at radius 1 is 1.28 bits per heavy atom. The fourth-order valence-corrected chi connectivity index (χ4v) is 2.40. The zero-order valence-corrected chi connectivity index (χ0v) is 12.6. The summed E-state index contributed by atoms with van der Waals surface area (Å²) in [5.41, 5.74) is 2.22. The van der Waals surface area contributed by atoms with E-state index in [-0.39, 0.29) is 6.04 Å². The highest BCUT2D eigenvalue weighted by molar-refractivity contribution is 9.10. The molecule has 1 atom stereocenters. The van der Waals surface area contributed by atoms with Gasteiger partial charge in [0.05, 0.1) is 10.5 Å². The number of nitrogens with one attached hydrogen (secondary N) is 1. The lowest BCUT2D eigenvalue weighted by Gasteiger charge is -2.17. The van der Waals surface area contributed by atoms with Gasteiger partial charge in [0.1, 0.15) is 5.82 Å². The van der Waals surface area contributed by atoms with Gasteiger partial charge < -0.3 is 5.32 Å². The molecule has 18 heavy (non-hydrogen) atoms. The molecule has 2 nitrogen and oxygen atoms in total. The highest BCUT2D eigenvalue weighted by atomic mass is 79.9. The molecule has 4 heteroatoms. The van der Waals surface area contributed by atoms with E-state index in [9.17, 15) is 0 Å². The van der Waals surface area contributed by atoms with Crippen molar-refractivity contribution in [2.75, 3.05) is 5.32 Å². The van der Waals surface area contributed by atoms with Crippen molar-refractivity contribution in [3.8, 4) is 0 Å². The first-order valence-corrected chi connectivity index (χ1v) is 6.88. The second kappa shape index (κ2) is 5.72. The lowest BCUT2D eigenvalue weighted by Crippen LogP contribution is -2.09. The topological polar surface area (TPSA) is 24.9 Å². The lowest BCUT2D eigenvalue weighted by atomic mass is 10.1. The average molecular weight is 326 g/mol. The van der Waals surface area contributed by atoms with Gasteiger partial charge in [0.25, 0.3) is 0 Å². The quantitative estimate of drug-likeness (QED) is 0.861. The molecule has 1 heterocycles. The lowest BCUT2D eigenvalue weighted by molar-refractivity contribution is 0.872. The summed E-state index contributed by atoms with van der Waals surface area (Å²) in [7, 11) is 0. The zero-order chi connectivity index (χ0) is 13.1. The molecule has 0 spiro atoms. The standard InChI is InChI=1S/C14H14BrClN2/c1-9-7-8-17-14(13(9)15)18-10(2)11-5-3-4-6-12(11)16/h3-8,10H,1-2H3,(H,17,18). The summed E-state index contributed by atoms with van der Waals surface area (Å²) in [4.78, 5) is 4.33. The van der Waals surface area contributed by atoms with E-state index in [0.29, 0.717) is 0 Å². The van der Waals surface area contributed by atoms with E-state index in [1.807, 2.05) is 37.3 Å². The molecule has 0 fully saturated rings. The molecule has 0 amide bonds. The SMILES string of the molecule is Cc1ccnc(NC(C)c2ccccc2Cl)c1Br. The number of benzene rings is 1. The van der Waals surface area contributed by atoms with Gasteiger partial charge >= 0.3 is 0 Å². The molecule has 0 radical (unpaired) electrons. The van der Waals surface area contributed by atoms with Crippen LogP contribution in [0.5, 0.6) is 0 Å². The number of pyridine rings is 1. The van der Waals surface area contributed by atoms with E-state index >= 15 is 0 Å². The molecule has 1 unspecified atom stereocenters. The van der Waals surface area contributed by atoms with Gasteiger partial charge in [-0.3, -0.25) is 0 Å². The van der Waals surface area contributed by atoms with Gasteiger partial charge in [0, 0.05) is 11.2 Å². The molecule has 94 valence electrons. The Labute approximate surface area is 121 Å². The predicted molar refractivity (Wildman–Crippen MR) is 80.2 cm³/mol. The van der Waals surface area contributed by atoms with Crippen LogP contribution < -0.4 is 5.32 Å². The Kier molecular flexibility index (Phi) is 4.25. The van der Waals surface area contributed by atoms with Crippen molar-refractivity contribution in [2.45, 2.75) is 19.9 Å². The zero-order valence-electron chi connectivity index (χ0n) is 10.2. The van der Waals surface area contributed by atoms with Gasteiger partial charge in [-0.05, 0) is 53.0 Å². The van der Waals surface area contributed by atoms with E-state index in [2.05, 4.69) is 33.2 Å². The summed E-state index contributed by atoms with van der Waals surface area (Å²) < 4.78 is 0.990. The normalized spacial score (nSPS) is 12.2. The van der Waals surface area contributed by atoms with Gasteiger partial charge in [-0.1, -0.05) is 29.8 Å². The Bertz CT molecular complexity index is 557. The Morgan fingerprint density at radius 2 is 2.00 bits per heavy atom. The molecule has 1 N–H and O–H groups in total. The van der Waals surface area contributed by atoms with Crippen LogP contribution in [0, 0.1) is 6.92 Å². The predicted octanol–water partition coefficient (Wildman–Crippen LogP) is 4.98. The highest BCUT2D eigenvalue weighted by Gasteiger charge is 2.11. The number of hydrogen-bond acceptors (Lipinski definition) is 2. The fraction of sp³-hybridized carbons (Fsp3) is 0.214. The van der Waals surface area contributed by atoms with Crippen LogP contribution in [0.1, 0.15) is 24.1 Å². The largest absolute Gasteiger partial charge is 0.363 e. The summed E-state index contributed by atoms with van der Waals surface area (Å²) >= 11 is 9.73. The summed E-state index contributed by atoms with van der Waals surface area (Å²) in [6, 6.07) is 9.90. The van der Waals surface area contributed by atoms with Gasteiger partial charge in [-0.2, -0.15) is 0 Å². The van der Waals surface area contributed by atoms with Crippen molar-refractivity contribution in [3.63, 3.8) is 0 Å². The van der Waals surface area contributed by atoms with Crippen LogP contribution in [-0.4, -0.2) is 4.98 Å². The first kappa shape index (κ1) is 13.4. The van der Waals surface area contributed by atoms with Gasteiger partial charge in [-0.25, -0.2) is 4.98 Å². The third kappa shape index (κ3) is 2.85. The number of hydrogen-bond donors (Lipinski definition) is 1. The van der Waals surface area contributed by atoms with Crippen molar-refractivity contribution < 1.29 is 0 Å². The van der Waals surface area contributed by atoms with Gasteiger partial charge in [0.2, 0.25) is 0 Å². The molecular formula is C14H14BrClN2. The minimum Gasteiger partial charge on any atom is -0.363 e. The minimum atomic E-state index is 0.101. The van der Waals surface area contributed by atoms with Crippen LogP contribution in [0.25, 0.3) is 0 Å². The van der Waals surface area contributed by atoms with Gasteiger partial charge in [0.15, 0.2) is 0 Å². The van der Waals surface area contributed by atoms with Crippen LogP contribution in [-0.2, 0) is 0 Å². The van der Waals surface area contributed by atoms with E-state index in [1.165, 1.54) is 0 Å². The molecule has 0 aliphatic carbocycles. The number of aryl methyl sites for hydroxylation is 1. The second-order valence-corrected chi connectivity index (χ2v) is 5.38. The molecule has 0 aliphatic heterocycles.